The molecule has 2 rings (SSSR count). The van der Waals surface area contributed by atoms with Crippen LogP contribution in [0.5, 0.6) is 0 Å². The molecule has 0 aromatic heterocycles. The Morgan fingerprint density at radius 3 is 2.00 bits per heavy atom. The first-order valence-electron chi connectivity index (χ1n) is 7.55. The fourth-order valence-electron chi connectivity index (χ4n) is 4.17. The van der Waals surface area contributed by atoms with Gasteiger partial charge in [0.1, 0.15) is 0 Å². The van der Waals surface area contributed by atoms with Crippen molar-refractivity contribution in [1.82, 2.24) is 0 Å². The summed E-state index contributed by atoms with van der Waals surface area (Å²) in [5, 5.41) is 0. The van der Waals surface area contributed by atoms with Crippen LogP contribution in [0.2, 0.25) is 0 Å². The molecule has 3 atom stereocenters. The molecule has 2 fully saturated rings. The van der Waals surface area contributed by atoms with Gasteiger partial charge in [0, 0.05) is 0 Å². The molecule has 0 N–H and O–H groups in total. The van der Waals surface area contributed by atoms with Crippen molar-refractivity contribution in [3.63, 3.8) is 0 Å². The summed E-state index contributed by atoms with van der Waals surface area (Å²) in [6, 6.07) is 0. The van der Waals surface area contributed by atoms with Crippen molar-refractivity contribution in [2.75, 3.05) is 0 Å². The van der Waals surface area contributed by atoms with Gasteiger partial charge < -0.3 is 0 Å². The Labute approximate surface area is 103 Å². The van der Waals surface area contributed by atoms with Crippen LogP contribution in [0.1, 0.15) is 73.6 Å². The Morgan fingerprint density at radius 1 is 0.938 bits per heavy atom. The molecular formula is C16H32. The van der Waals surface area contributed by atoms with Crippen LogP contribution in [0.15, 0.2) is 0 Å². The molecule has 0 heterocycles. The summed E-state index contributed by atoms with van der Waals surface area (Å²) in [5.41, 5.74) is 0.760. The SMILES string of the molecule is CC.CC(C)C1CCC2(C(C)C)CCC1C2. The Morgan fingerprint density at radius 2 is 1.50 bits per heavy atom. The van der Waals surface area contributed by atoms with Gasteiger partial charge in [0.15, 0.2) is 0 Å². The van der Waals surface area contributed by atoms with Crippen LogP contribution < -0.4 is 0 Å². The summed E-state index contributed by atoms with van der Waals surface area (Å²) in [5.74, 6) is 3.96. The lowest BCUT2D eigenvalue weighted by molar-refractivity contribution is 0.0866. The predicted octanol–water partition coefficient (Wildman–Crippen LogP) is 5.52. The largest absolute Gasteiger partial charge is 0.0683 e. The van der Waals surface area contributed by atoms with E-state index in [9.17, 15) is 0 Å². The molecule has 0 heteroatoms. The molecule has 3 unspecified atom stereocenters. The van der Waals surface area contributed by atoms with Crippen LogP contribution >= 0.6 is 0 Å². The van der Waals surface area contributed by atoms with Crippen LogP contribution in [0.4, 0.5) is 0 Å². The van der Waals surface area contributed by atoms with E-state index >= 15 is 0 Å². The highest BCUT2D eigenvalue weighted by Crippen LogP contribution is 2.58. The first kappa shape index (κ1) is 14.1. The monoisotopic (exact) mass is 224 g/mol. The van der Waals surface area contributed by atoms with Gasteiger partial charge in [0.2, 0.25) is 0 Å². The van der Waals surface area contributed by atoms with Crippen molar-refractivity contribution in [3.05, 3.63) is 0 Å². The maximum Gasteiger partial charge on any atom is -0.0271 e. The summed E-state index contributed by atoms with van der Waals surface area (Å²) in [6.45, 7) is 13.7. The lowest BCUT2D eigenvalue weighted by Crippen LogP contribution is -2.32. The van der Waals surface area contributed by atoms with Crippen LogP contribution in [0, 0.1) is 29.1 Å². The third-order valence-electron chi connectivity index (χ3n) is 5.34. The molecule has 16 heavy (non-hydrogen) atoms. The third kappa shape index (κ3) is 2.46. The maximum absolute atomic E-state index is 2.44. The van der Waals surface area contributed by atoms with Crippen molar-refractivity contribution in [2.24, 2.45) is 29.1 Å². The zero-order valence-electron chi connectivity index (χ0n) is 12.3. The molecule has 0 saturated heterocycles. The molecule has 0 aromatic carbocycles. The number of hydrogen-bond acceptors (Lipinski definition) is 0. The molecule has 0 spiro atoms. The maximum atomic E-state index is 2.44. The Kier molecular flexibility index (Phi) is 4.88. The highest BCUT2D eigenvalue weighted by atomic mass is 14.5. The average Bonchev–Trinajstić information content (AvgIpc) is 2.60. The highest BCUT2D eigenvalue weighted by Gasteiger charge is 2.47. The van der Waals surface area contributed by atoms with E-state index in [0.717, 1.165) is 29.1 Å². The summed E-state index contributed by atoms with van der Waals surface area (Å²) in [4.78, 5) is 0. The minimum Gasteiger partial charge on any atom is -0.0683 e. The first-order valence-corrected chi connectivity index (χ1v) is 7.55. The molecule has 0 radical (unpaired) electrons. The average molecular weight is 224 g/mol. The van der Waals surface area contributed by atoms with Crippen LogP contribution in [0.3, 0.4) is 0 Å². The Bertz CT molecular complexity index is 204. The van der Waals surface area contributed by atoms with Crippen molar-refractivity contribution >= 4 is 0 Å². The van der Waals surface area contributed by atoms with E-state index in [1.165, 1.54) is 25.7 Å². The molecule has 0 aromatic rings. The zero-order chi connectivity index (χ0) is 12.3. The molecule has 0 nitrogen and oxygen atoms in total. The van der Waals surface area contributed by atoms with Gasteiger partial charge in [0.25, 0.3) is 0 Å². The van der Waals surface area contributed by atoms with Gasteiger partial charge in [0.05, 0.1) is 0 Å². The molecule has 2 aliphatic carbocycles. The minimum absolute atomic E-state index is 0.760. The molecule has 0 aliphatic heterocycles. The van der Waals surface area contributed by atoms with Crippen molar-refractivity contribution in [3.8, 4) is 0 Å². The standard InChI is InChI=1S/C14H26.C2H6/c1-10(2)13-6-8-14(11(3)4)7-5-12(13)9-14;1-2/h10-13H,5-9H2,1-4H3;1-2H3. The molecule has 96 valence electrons. The van der Waals surface area contributed by atoms with Crippen molar-refractivity contribution in [2.45, 2.75) is 73.6 Å². The van der Waals surface area contributed by atoms with Crippen molar-refractivity contribution in [1.29, 1.82) is 0 Å². The lowest BCUT2D eigenvalue weighted by atomic mass is 9.64. The number of fused-ring (bicyclic) bond motifs is 2. The van der Waals surface area contributed by atoms with Crippen LogP contribution in [-0.2, 0) is 0 Å². The van der Waals surface area contributed by atoms with Gasteiger partial charge in [-0.15, -0.1) is 0 Å². The van der Waals surface area contributed by atoms with E-state index in [1.54, 1.807) is 6.42 Å². The first-order chi connectivity index (χ1) is 7.55. The molecule has 2 aliphatic rings. The zero-order valence-corrected chi connectivity index (χ0v) is 12.3. The van der Waals surface area contributed by atoms with Gasteiger partial charge in [-0.3, -0.25) is 0 Å². The van der Waals surface area contributed by atoms with E-state index in [2.05, 4.69) is 27.7 Å². The molecular weight excluding hydrogens is 192 g/mol. The van der Waals surface area contributed by atoms with Gasteiger partial charge in [-0.2, -0.15) is 0 Å². The van der Waals surface area contributed by atoms with Gasteiger partial charge in [-0.1, -0.05) is 41.5 Å². The van der Waals surface area contributed by atoms with E-state index in [4.69, 9.17) is 0 Å². The van der Waals surface area contributed by atoms with Crippen LogP contribution in [-0.4, -0.2) is 0 Å². The summed E-state index contributed by atoms with van der Waals surface area (Å²) >= 11 is 0. The highest BCUT2D eigenvalue weighted by molar-refractivity contribution is 4.98. The number of hydrogen-bond donors (Lipinski definition) is 0. The summed E-state index contributed by atoms with van der Waals surface area (Å²) in [7, 11) is 0. The van der Waals surface area contributed by atoms with E-state index in [0.29, 0.717) is 0 Å². The second-order valence-electron chi connectivity index (χ2n) is 6.47. The fraction of sp³-hybridized carbons (Fsp3) is 1.00. The second kappa shape index (κ2) is 5.56. The molecule has 0 amide bonds. The van der Waals surface area contributed by atoms with E-state index < -0.39 is 0 Å². The molecule has 2 saturated carbocycles. The van der Waals surface area contributed by atoms with E-state index in [1.807, 2.05) is 13.8 Å². The topological polar surface area (TPSA) is 0 Å². The lowest BCUT2D eigenvalue weighted by Gasteiger charge is -2.41. The Balaban J connectivity index is 0.000000606. The molecule has 2 bridgehead atoms. The quantitative estimate of drug-likeness (QED) is 0.579. The third-order valence-corrected chi connectivity index (χ3v) is 5.34. The minimum atomic E-state index is 0.760. The second-order valence-corrected chi connectivity index (χ2v) is 6.47. The van der Waals surface area contributed by atoms with Gasteiger partial charge in [-0.25, -0.2) is 0 Å². The van der Waals surface area contributed by atoms with Gasteiger partial charge >= 0.3 is 0 Å². The normalized spacial score (nSPS) is 37.5. The van der Waals surface area contributed by atoms with E-state index in [-0.39, 0.29) is 0 Å². The fourth-order valence-corrected chi connectivity index (χ4v) is 4.17. The predicted molar refractivity (Wildman–Crippen MR) is 73.5 cm³/mol. The van der Waals surface area contributed by atoms with Crippen molar-refractivity contribution < 1.29 is 0 Å². The summed E-state index contributed by atoms with van der Waals surface area (Å²) < 4.78 is 0. The number of rotatable bonds is 2. The Hall–Kier alpha value is 0. The smallest absolute Gasteiger partial charge is 0.0271 e. The van der Waals surface area contributed by atoms with Gasteiger partial charge in [-0.05, 0) is 61.2 Å². The van der Waals surface area contributed by atoms with Crippen LogP contribution in [0.25, 0.3) is 0 Å². The summed E-state index contributed by atoms with van der Waals surface area (Å²) in [6.07, 6.45) is 7.64.